The van der Waals surface area contributed by atoms with Crippen LogP contribution >= 0.6 is 11.8 Å². The molecule has 0 radical (unpaired) electrons. The molecular formula is C17H27NO2S. The van der Waals surface area contributed by atoms with E-state index in [0.717, 1.165) is 30.9 Å². The van der Waals surface area contributed by atoms with Crippen LogP contribution in [0.1, 0.15) is 33.6 Å². The van der Waals surface area contributed by atoms with Gasteiger partial charge in [-0.05, 0) is 45.4 Å². The van der Waals surface area contributed by atoms with Crippen LogP contribution in [0.5, 0.6) is 5.75 Å². The monoisotopic (exact) mass is 309 g/mol. The highest BCUT2D eigenvalue weighted by Gasteiger charge is 2.29. The highest BCUT2D eigenvalue weighted by atomic mass is 32.2. The van der Waals surface area contributed by atoms with Gasteiger partial charge in [0.15, 0.2) is 0 Å². The minimum absolute atomic E-state index is 0.0760. The van der Waals surface area contributed by atoms with E-state index in [1.54, 1.807) is 7.11 Å². The van der Waals surface area contributed by atoms with Crippen molar-refractivity contribution < 1.29 is 9.47 Å². The first-order valence-electron chi connectivity index (χ1n) is 7.73. The third-order valence-corrected chi connectivity index (χ3v) is 5.20. The van der Waals surface area contributed by atoms with Crippen molar-refractivity contribution in [2.75, 3.05) is 19.4 Å². The van der Waals surface area contributed by atoms with Gasteiger partial charge in [0.05, 0.1) is 5.60 Å². The SMILES string of the molecule is CCNC(CCC(C)(C)OC)C1CSc2ccccc2O1. The molecule has 0 aromatic heterocycles. The van der Waals surface area contributed by atoms with E-state index in [0.29, 0.717) is 6.04 Å². The third-order valence-electron chi connectivity index (χ3n) is 4.06. The average Bonchev–Trinajstić information content (AvgIpc) is 2.51. The molecule has 3 nitrogen and oxygen atoms in total. The zero-order chi connectivity index (χ0) is 15.3. The number of thioether (sulfide) groups is 1. The minimum Gasteiger partial charge on any atom is -0.487 e. The van der Waals surface area contributed by atoms with Gasteiger partial charge in [0, 0.05) is 23.8 Å². The van der Waals surface area contributed by atoms with Crippen LogP contribution in [-0.2, 0) is 4.74 Å². The molecule has 1 aliphatic heterocycles. The summed E-state index contributed by atoms with van der Waals surface area (Å²) in [6.07, 6.45) is 2.30. The zero-order valence-corrected chi connectivity index (χ0v) is 14.3. The second-order valence-corrected chi connectivity index (χ2v) is 7.14. The zero-order valence-electron chi connectivity index (χ0n) is 13.5. The number of methoxy groups -OCH3 is 1. The second-order valence-electron chi connectivity index (χ2n) is 6.08. The Balaban J connectivity index is 1.99. The molecule has 1 aromatic rings. The van der Waals surface area contributed by atoms with Gasteiger partial charge in [-0.2, -0.15) is 0 Å². The Hall–Kier alpha value is -0.710. The minimum atomic E-state index is -0.0760. The molecule has 4 heteroatoms. The molecule has 0 aliphatic carbocycles. The molecule has 0 spiro atoms. The van der Waals surface area contributed by atoms with Gasteiger partial charge in [-0.15, -0.1) is 11.8 Å². The van der Waals surface area contributed by atoms with E-state index >= 15 is 0 Å². The fourth-order valence-corrected chi connectivity index (χ4v) is 3.60. The number of para-hydroxylation sites is 1. The number of nitrogens with one attached hydrogen (secondary N) is 1. The molecule has 0 fully saturated rings. The Labute approximate surface area is 132 Å². The summed E-state index contributed by atoms with van der Waals surface area (Å²) in [5, 5.41) is 3.59. The molecule has 2 rings (SSSR count). The summed E-state index contributed by atoms with van der Waals surface area (Å²) < 4.78 is 11.8. The van der Waals surface area contributed by atoms with Crippen molar-refractivity contribution in [1.29, 1.82) is 0 Å². The second kappa shape index (κ2) is 7.52. The van der Waals surface area contributed by atoms with E-state index < -0.39 is 0 Å². The van der Waals surface area contributed by atoms with E-state index in [4.69, 9.17) is 9.47 Å². The summed E-state index contributed by atoms with van der Waals surface area (Å²) in [6, 6.07) is 8.67. The van der Waals surface area contributed by atoms with E-state index in [1.165, 1.54) is 4.90 Å². The van der Waals surface area contributed by atoms with Gasteiger partial charge in [0.1, 0.15) is 11.9 Å². The van der Waals surface area contributed by atoms with E-state index in [9.17, 15) is 0 Å². The quantitative estimate of drug-likeness (QED) is 0.831. The fourth-order valence-electron chi connectivity index (χ4n) is 2.52. The summed E-state index contributed by atoms with van der Waals surface area (Å²) in [5.74, 6) is 2.02. The summed E-state index contributed by atoms with van der Waals surface area (Å²) >= 11 is 1.89. The van der Waals surface area contributed by atoms with Crippen molar-refractivity contribution in [3.05, 3.63) is 24.3 Å². The van der Waals surface area contributed by atoms with Gasteiger partial charge in [-0.3, -0.25) is 0 Å². The molecule has 2 unspecified atom stereocenters. The maximum atomic E-state index is 6.22. The molecule has 0 amide bonds. The van der Waals surface area contributed by atoms with Gasteiger partial charge >= 0.3 is 0 Å². The van der Waals surface area contributed by atoms with Crippen LogP contribution in [0.25, 0.3) is 0 Å². The van der Waals surface area contributed by atoms with Crippen molar-refractivity contribution >= 4 is 11.8 Å². The van der Waals surface area contributed by atoms with Crippen LogP contribution in [0.2, 0.25) is 0 Å². The lowest BCUT2D eigenvalue weighted by molar-refractivity contribution is 0.00829. The van der Waals surface area contributed by atoms with Gasteiger partial charge in [0.25, 0.3) is 0 Å². The normalized spacial score (nSPS) is 19.7. The van der Waals surface area contributed by atoms with Crippen LogP contribution < -0.4 is 10.1 Å². The topological polar surface area (TPSA) is 30.5 Å². The number of fused-ring (bicyclic) bond motifs is 1. The Morgan fingerprint density at radius 2 is 2.19 bits per heavy atom. The van der Waals surface area contributed by atoms with Crippen molar-refractivity contribution in [2.24, 2.45) is 0 Å². The summed E-state index contributed by atoms with van der Waals surface area (Å²) in [7, 11) is 1.78. The molecule has 2 atom stereocenters. The number of hydrogen-bond acceptors (Lipinski definition) is 4. The first-order valence-corrected chi connectivity index (χ1v) is 8.71. The average molecular weight is 309 g/mol. The maximum absolute atomic E-state index is 6.22. The van der Waals surface area contributed by atoms with Crippen molar-refractivity contribution in [3.8, 4) is 5.75 Å². The van der Waals surface area contributed by atoms with Crippen LogP contribution in [-0.4, -0.2) is 37.2 Å². The summed E-state index contributed by atoms with van der Waals surface area (Å²) in [5.41, 5.74) is -0.0760. The number of ether oxygens (including phenoxy) is 2. The Bertz CT molecular complexity index is 450. The smallest absolute Gasteiger partial charge is 0.133 e. The number of likely N-dealkylation sites (N-methyl/N-ethyl adjacent to an activating group) is 1. The van der Waals surface area contributed by atoms with Crippen LogP contribution in [0.4, 0.5) is 0 Å². The predicted octanol–water partition coefficient (Wildman–Crippen LogP) is 3.72. The first-order chi connectivity index (χ1) is 10.1. The van der Waals surface area contributed by atoms with Gasteiger partial charge in [0.2, 0.25) is 0 Å². The molecule has 0 bridgehead atoms. The van der Waals surface area contributed by atoms with Crippen molar-refractivity contribution in [1.82, 2.24) is 5.32 Å². The lowest BCUT2D eigenvalue weighted by atomic mass is 9.96. The van der Waals surface area contributed by atoms with E-state index in [-0.39, 0.29) is 11.7 Å². The Morgan fingerprint density at radius 1 is 1.43 bits per heavy atom. The molecule has 118 valence electrons. The lowest BCUT2D eigenvalue weighted by Gasteiger charge is -2.34. The molecule has 1 heterocycles. The summed E-state index contributed by atoms with van der Waals surface area (Å²) in [4.78, 5) is 1.25. The van der Waals surface area contributed by atoms with E-state index in [1.807, 2.05) is 17.8 Å². The molecule has 1 aromatic carbocycles. The van der Waals surface area contributed by atoms with Crippen LogP contribution in [0.3, 0.4) is 0 Å². The van der Waals surface area contributed by atoms with Crippen LogP contribution in [0.15, 0.2) is 29.2 Å². The Morgan fingerprint density at radius 3 is 2.90 bits per heavy atom. The number of hydrogen-bond donors (Lipinski definition) is 1. The molecule has 21 heavy (non-hydrogen) atoms. The summed E-state index contributed by atoms with van der Waals surface area (Å²) in [6.45, 7) is 7.40. The number of benzene rings is 1. The highest BCUT2D eigenvalue weighted by Crippen LogP contribution is 2.36. The highest BCUT2D eigenvalue weighted by molar-refractivity contribution is 7.99. The van der Waals surface area contributed by atoms with Gasteiger partial charge < -0.3 is 14.8 Å². The number of rotatable bonds is 7. The lowest BCUT2D eigenvalue weighted by Crippen LogP contribution is -2.46. The molecule has 1 N–H and O–H groups in total. The van der Waals surface area contributed by atoms with Gasteiger partial charge in [-0.1, -0.05) is 19.1 Å². The van der Waals surface area contributed by atoms with Crippen molar-refractivity contribution in [3.63, 3.8) is 0 Å². The van der Waals surface area contributed by atoms with Gasteiger partial charge in [-0.25, -0.2) is 0 Å². The predicted molar refractivity (Wildman–Crippen MR) is 89.4 cm³/mol. The fraction of sp³-hybridized carbons (Fsp3) is 0.647. The molecule has 0 saturated carbocycles. The molecular weight excluding hydrogens is 282 g/mol. The van der Waals surface area contributed by atoms with Crippen molar-refractivity contribution in [2.45, 2.75) is 56.3 Å². The molecule has 0 saturated heterocycles. The first kappa shape index (κ1) is 16.7. The Kier molecular flexibility index (Phi) is 5.97. The third kappa shape index (κ3) is 4.63. The largest absolute Gasteiger partial charge is 0.487 e. The van der Waals surface area contributed by atoms with Crippen LogP contribution in [0, 0.1) is 0 Å². The standard InChI is InChI=1S/C17H27NO2S/c1-5-18-13(10-11-17(2,3)19-4)15-12-21-16-9-7-6-8-14(16)20-15/h6-9,13,15,18H,5,10-12H2,1-4H3. The maximum Gasteiger partial charge on any atom is 0.133 e. The van der Waals surface area contributed by atoms with E-state index in [2.05, 4.69) is 44.3 Å². The molecule has 1 aliphatic rings.